The van der Waals surface area contributed by atoms with Crippen LogP contribution in [0.3, 0.4) is 0 Å². The molecule has 1 N–H and O–H groups in total. The second kappa shape index (κ2) is 10.5. The summed E-state index contributed by atoms with van der Waals surface area (Å²) in [6.45, 7) is 0.115. The lowest BCUT2D eigenvalue weighted by atomic mass is 10.1. The minimum Gasteiger partial charge on any atom is -0.497 e. The maximum Gasteiger partial charge on any atom is 0.322 e. The molecule has 1 atom stereocenters. The molecule has 1 aliphatic heterocycles. The predicted molar refractivity (Wildman–Crippen MR) is 133 cm³/mol. The van der Waals surface area contributed by atoms with E-state index in [1.54, 1.807) is 67.8 Å². The number of benzene rings is 3. The van der Waals surface area contributed by atoms with Crippen molar-refractivity contribution >= 4 is 40.8 Å². The van der Waals surface area contributed by atoms with Gasteiger partial charge in [0.1, 0.15) is 17.5 Å². The lowest BCUT2D eigenvalue weighted by Crippen LogP contribution is -2.46. The fourth-order valence-corrected chi connectivity index (χ4v) is 3.97. The number of urea groups is 1. The molecule has 1 saturated heterocycles. The van der Waals surface area contributed by atoms with Crippen LogP contribution in [0.4, 0.5) is 16.2 Å². The van der Waals surface area contributed by atoms with Crippen LogP contribution in [0, 0.1) is 0 Å². The van der Waals surface area contributed by atoms with Crippen molar-refractivity contribution in [3.63, 3.8) is 0 Å². The molecule has 1 fully saturated rings. The molecule has 180 valence electrons. The fourth-order valence-electron chi connectivity index (χ4n) is 3.84. The van der Waals surface area contributed by atoms with Crippen LogP contribution in [0.1, 0.15) is 12.0 Å². The van der Waals surface area contributed by atoms with Crippen LogP contribution in [-0.4, -0.2) is 43.0 Å². The molecule has 1 aliphatic rings. The van der Waals surface area contributed by atoms with E-state index in [2.05, 4.69) is 5.32 Å². The number of hydrogen-bond donors (Lipinski definition) is 1. The van der Waals surface area contributed by atoms with Gasteiger partial charge in [-0.25, -0.2) is 9.69 Å². The molecule has 0 bridgehead atoms. The van der Waals surface area contributed by atoms with Crippen LogP contribution in [0.15, 0.2) is 72.8 Å². The Morgan fingerprint density at radius 3 is 2.09 bits per heavy atom. The lowest BCUT2D eigenvalue weighted by Gasteiger charge is -2.28. The summed E-state index contributed by atoms with van der Waals surface area (Å²) >= 11 is 5.95. The third-order valence-electron chi connectivity index (χ3n) is 5.70. The van der Waals surface area contributed by atoms with Crippen molar-refractivity contribution in [3.8, 4) is 11.5 Å². The van der Waals surface area contributed by atoms with Crippen LogP contribution in [0.5, 0.6) is 11.5 Å². The second-order valence-electron chi connectivity index (χ2n) is 7.90. The number of rotatable bonds is 7. The molecule has 3 aromatic rings. The Hall–Kier alpha value is -4.04. The zero-order chi connectivity index (χ0) is 24.9. The molecule has 4 amide bonds. The number of ether oxygens (including phenoxy) is 2. The normalized spacial score (nSPS) is 15.2. The Bertz CT molecular complexity index is 1210. The number of amides is 4. The highest BCUT2D eigenvalue weighted by atomic mass is 35.5. The van der Waals surface area contributed by atoms with E-state index in [-0.39, 0.29) is 18.9 Å². The van der Waals surface area contributed by atoms with E-state index in [0.29, 0.717) is 27.9 Å². The van der Waals surface area contributed by atoms with Crippen LogP contribution in [-0.2, 0) is 16.1 Å². The van der Waals surface area contributed by atoms with Crippen molar-refractivity contribution in [2.75, 3.05) is 24.4 Å². The highest BCUT2D eigenvalue weighted by Crippen LogP contribution is 2.29. The number of nitrogens with zero attached hydrogens (tertiary/aromatic N) is 2. The van der Waals surface area contributed by atoms with Gasteiger partial charge in [-0.15, -0.1) is 0 Å². The number of hydrogen-bond acceptors (Lipinski definition) is 5. The third-order valence-corrected chi connectivity index (χ3v) is 5.95. The fraction of sp³-hybridized carbons (Fsp3) is 0.192. The molecule has 8 nitrogen and oxygen atoms in total. The average Bonchev–Trinajstić information content (AvgIpc) is 3.17. The van der Waals surface area contributed by atoms with Crippen molar-refractivity contribution in [1.82, 2.24) is 4.90 Å². The van der Waals surface area contributed by atoms with Gasteiger partial charge in [-0.2, -0.15) is 0 Å². The summed E-state index contributed by atoms with van der Waals surface area (Å²) in [6, 6.07) is 18.9. The summed E-state index contributed by atoms with van der Waals surface area (Å²) < 4.78 is 10.4. The maximum absolute atomic E-state index is 13.4. The largest absolute Gasteiger partial charge is 0.497 e. The monoisotopic (exact) mass is 493 g/mol. The highest BCUT2D eigenvalue weighted by molar-refractivity contribution is 6.30. The minimum absolute atomic E-state index is 0.115. The first-order valence-electron chi connectivity index (χ1n) is 10.9. The summed E-state index contributed by atoms with van der Waals surface area (Å²) in [6.07, 6.45) is -0.130. The molecule has 0 radical (unpaired) electrons. The van der Waals surface area contributed by atoms with Crippen molar-refractivity contribution < 1.29 is 23.9 Å². The van der Waals surface area contributed by atoms with E-state index >= 15 is 0 Å². The van der Waals surface area contributed by atoms with Crippen molar-refractivity contribution in [2.45, 2.75) is 19.0 Å². The highest BCUT2D eigenvalue weighted by Gasteiger charge is 2.44. The Morgan fingerprint density at radius 2 is 1.51 bits per heavy atom. The summed E-state index contributed by atoms with van der Waals surface area (Å²) in [4.78, 5) is 42.1. The predicted octanol–water partition coefficient (Wildman–Crippen LogP) is 4.72. The van der Waals surface area contributed by atoms with Gasteiger partial charge in [-0.1, -0.05) is 23.7 Å². The summed E-state index contributed by atoms with van der Waals surface area (Å²) in [7, 11) is 3.10. The van der Waals surface area contributed by atoms with E-state index < -0.39 is 18.0 Å². The molecule has 0 aromatic heterocycles. The van der Waals surface area contributed by atoms with Gasteiger partial charge in [0, 0.05) is 17.3 Å². The number of nitrogens with one attached hydrogen (secondary N) is 1. The molecular weight excluding hydrogens is 470 g/mol. The van der Waals surface area contributed by atoms with Gasteiger partial charge in [-0.3, -0.25) is 9.59 Å². The van der Waals surface area contributed by atoms with Gasteiger partial charge in [0.15, 0.2) is 0 Å². The Labute approximate surface area is 208 Å². The SMILES string of the molecule is COc1ccc(CN(C(=O)Nc2ccc(Cl)cc2)[C@@H]2CC(=O)N(c3ccc(OC)cc3)C2=O)cc1. The van der Waals surface area contributed by atoms with Gasteiger partial charge in [-0.05, 0) is 66.2 Å². The molecule has 1 heterocycles. The Balaban J connectivity index is 1.61. The number of carbonyl (C=O) groups excluding carboxylic acids is 3. The first-order chi connectivity index (χ1) is 16.9. The zero-order valence-electron chi connectivity index (χ0n) is 19.2. The van der Waals surface area contributed by atoms with Crippen LogP contribution in [0.25, 0.3) is 0 Å². The third kappa shape index (κ3) is 5.38. The van der Waals surface area contributed by atoms with Crippen LogP contribution in [0.2, 0.25) is 5.02 Å². The first-order valence-corrected chi connectivity index (χ1v) is 11.2. The number of anilines is 2. The topological polar surface area (TPSA) is 88.2 Å². The number of halogens is 1. The summed E-state index contributed by atoms with van der Waals surface area (Å²) in [5.74, 6) is 0.417. The molecule has 9 heteroatoms. The number of methoxy groups -OCH3 is 2. The molecule has 0 saturated carbocycles. The number of carbonyl (C=O) groups is 3. The quantitative estimate of drug-likeness (QED) is 0.481. The Kier molecular flexibility index (Phi) is 7.22. The molecular formula is C26H24ClN3O5. The first kappa shape index (κ1) is 24.1. The minimum atomic E-state index is -0.973. The maximum atomic E-state index is 13.4. The van der Waals surface area contributed by atoms with E-state index in [9.17, 15) is 14.4 Å². The van der Waals surface area contributed by atoms with E-state index in [0.717, 1.165) is 10.5 Å². The van der Waals surface area contributed by atoms with E-state index in [4.69, 9.17) is 21.1 Å². The van der Waals surface area contributed by atoms with Gasteiger partial charge in [0.25, 0.3) is 5.91 Å². The van der Waals surface area contributed by atoms with Gasteiger partial charge in [0.2, 0.25) is 5.91 Å². The lowest BCUT2D eigenvalue weighted by molar-refractivity contribution is -0.122. The molecule has 3 aromatic carbocycles. The summed E-state index contributed by atoms with van der Waals surface area (Å²) in [5, 5.41) is 3.33. The van der Waals surface area contributed by atoms with Crippen molar-refractivity contribution in [1.29, 1.82) is 0 Å². The molecule has 0 unspecified atom stereocenters. The van der Waals surface area contributed by atoms with E-state index in [1.807, 2.05) is 12.1 Å². The van der Waals surface area contributed by atoms with Crippen LogP contribution < -0.4 is 19.7 Å². The smallest absolute Gasteiger partial charge is 0.322 e. The second-order valence-corrected chi connectivity index (χ2v) is 8.33. The van der Waals surface area contributed by atoms with Gasteiger partial charge >= 0.3 is 6.03 Å². The zero-order valence-corrected chi connectivity index (χ0v) is 20.0. The summed E-state index contributed by atoms with van der Waals surface area (Å²) in [5.41, 5.74) is 1.72. The van der Waals surface area contributed by atoms with Crippen molar-refractivity contribution in [2.24, 2.45) is 0 Å². The standard InChI is InChI=1S/C26H24ClN3O5/c1-34-21-11-3-17(4-12-21)16-29(26(33)28-19-7-5-18(27)6-8-19)23-15-24(31)30(25(23)32)20-9-13-22(35-2)14-10-20/h3-14,23H,15-16H2,1-2H3,(H,28,33)/t23-/m1/s1. The van der Waals surface area contributed by atoms with E-state index in [1.165, 1.54) is 12.0 Å². The van der Waals surface area contributed by atoms with Crippen molar-refractivity contribution in [3.05, 3.63) is 83.4 Å². The molecule has 0 spiro atoms. The number of imide groups is 1. The Morgan fingerprint density at radius 1 is 0.943 bits per heavy atom. The molecule has 0 aliphatic carbocycles. The van der Waals surface area contributed by atoms with Gasteiger partial charge in [0.05, 0.1) is 26.3 Å². The average molecular weight is 494 g/mol. The van der Waals surface area contributed by atoms with Crippen LogP contribution >= 0.6 is 11.6 Å². The molecule has 4 rings (SSSR count). The van der Waals surface area contributed by atoms with Gasteiger partial charge < -0.3 is 19.7 Å². The molecule has 35 heavy (non-hydrogen) atoms.